The predicted octanol–water partition coefficient (Wildman–Crippen LogP) is 4.89. The molecule has 2 N–H and O–H groups in total. The average molecular weight is 433 g/mol. The number of primary amides is 1. The van der Waals surface area contributed by atoms with E-state index >= 15 is 0 Å². The van der Waals surface area contributed by atoms with Crippen LogP contribution in [0, 0.1) is 5.41 Å². The lowest BCUT2D eigenvalue weighted by Crippen LogP contribution is -2.55. The minimum Gasteiger partial charge on any atom is -0.366 e. The molecular formula is C27H36N4O. The van der Waals surface area contributed by atoms with Gasteiger partial charge in [-0.25, -0.2) is 4.98 Å². The summed E-state index contributed by atoms with van der Waals surface area (Å²) in [6.45, 7) is 7.99. The van der Waals surface area contributed by atoms with Crippen LogP contribution < -0.4 is 10.6 Å². The molecule has 1 spiro atoms. The number of aromatic nitrogens is 1. The standard InChI is InChI=1S/C27H36N4O/c1-19(2)22-6-3-4-7-23(22)24-8-5-13-31(24)21-16-27(17-21)11-14-30(15-12-27)25-10-9-20(18-29-25)26(28)32/h3-4,6-7,9-10,18-19,21,24H,5,8,11-17H2,1-2H3,(H2,28,32)/t24-/m0/s1. The quantitative estimate of drug-likeness (QED) is 0.731. The van der Waals surface area contributed by atoms with Gasteiger partial charge in [0, 0.05) is 31.4 Å². The first kappa shape index (κ1) is 21.4. The number of hydrogen-bond donors (Lipinski definition) is 1. The van der Waals surface area contributed by atoms with Crippen molar-refractivity contribution in [2.45, 2.75) is 70.4 Å². The zero-order chi connectivity index (χ0) is 22.3. The molecule has 0 bridgehead atoms. The molecule has 1 aliphatic carbocycles. The van der Waals surface area contributed by atoms with E-state index in [0.717, 1.165) is 24.9 Å². The maximum absolute atomic E-state index is 11.3. The molecule has 1 atom stereocenters. The molecule has 1 aromatic carbocycles. The van der Waals surface area contributed by atoms with Crippen LogP contribution in [0.5, 0.6) is 0 Å². The maximum Gasteiger partial charge on any atom is 0.250 e. The van der Waals surface area contributed by atoms with Gasteiger partial charge in [-0.2, -0.15) is 0 Å². The Bertz CT molecular complexity index is 954. The van der Waals surface area contributed by atoms with Crippen LogP contribution in [0.15, 0.2) is 42.6 Å². The summed E-state index contributed by atoms with van der Waals surface area (Å²) in [6, 6.07) is 14.2. The van der Waals surface area contributed by atoms with Gasteiger partial charge in [0.15, 0.2) is 0 Å². The van der Waals surface area contributed by atoms with Crippen LogP contribution >= 0.6 is 0 Å². The van der Waals surface area contributed by atoms with Crippen LogP contribution in [0.2, 0.25) is 0 Å². The van der Waals surface area contributed by atoms with Crippen molar-refractivity contribution in [2.24, 2.45) is 11.1 Å². The Morgan fingerprint density at radius 3 is 2.50 bits per heavy atom. The lowest BCUT2D eigenvalue weighted by Gasteiger charge is -2.56. The molecule has 2 saturated heterocycles. The first-order valence-corrected chi connectivity index (χ1v) is 12.3. The van der Waals surface area contributed by atoms with Gasteiger partial charge in [0.05, 0.1) is 5.56 Å². The zero-order valence-corrected chi connectivity index (χ0v) is 19.5. The number of hydrogen-bond acceptors (Lipinski definition) is 4. The van der Waals surface area contributed by atoms with Gasteiger partial charge < -0.3 is 10.6 Å². The van der Waals surface area contributed by atoms with E-state index in [9.17, 15) is 4.79 Å². The molecule has 1 amide bonds. The first-order chi connectivity index (χ1) is 15.5. The summed E-state index contributed by atoms with van der Waals surface area (Å²) in [4.78, 5) is 21.0. The molecule has 5 rings (SSSR count). The predicted molar refractivity (Wildman–Crippen MR) is 129 cm³/mol. The van der Waals surface area contributed by atoms with E-state index in [2.05, 4.69) is 52.9 Å². The number of rotatable bonds is 5. The smallest absolute Gasteiger partial charge is 0.250 e. The molecule has 1 aromatic heterocycles. The number of anilines is 1. The summed E-state index contributed by atoms with van der Waals surface area (Å²) < 4.78 is 0. The number of likely N-dealkylation sites (tertiary alicyclic amines) is 1. The third-order valence-corrected chi connectivity index (χ3v) is 8.26. The van der Waals surface area contributed by atoms with Gasteiger partial charge in [-0.3, -0.25) is 9.69 Å². The van der Waals surface area contributed by atoms with Crippen LogP contribution in [0.3, 0.4) is 0 Å². The summed E-state index contributed by atoms with van der Waals surface area (Å²) >= 11 is 0. The van der Waals surface area contributed by atoms with Crippen LogP contribution in [0.4, 0.5) is 5.82 Å². The Hall–Kier alpha value is -2.40. The Morgan fingerprint density at radius 2 is 1.84 bits per heavy atom. The van der Waals surface area contributed by atoms with E-state index in [0.29, 0.717) is 22.9 Å². The highest BCUT2D eigenvalue weighted by Crippen LogP contribution is 2.54. The summed E-state index contributed by atoms with van der Waals surface area (Å²) in [5, 5.41) is 0. The van der Waals surface area contributed by atoms with Gasteiger partial charge in [-0.1, -0.05) is 38.1 Å². The number of amides is 1. The second-order valence-electron chi connectivity index (χ2n) is 10.5. The number of benzene rings is 1. The second-order valence-corrected chi connectivity index (χ2v) is 10.5. The topological polar surface area (TPSA) is 62.5 Å². The van der Waals surface area contributed by atoms with Crippen LogP contribution in [0.25, 0.3) is 0 Å². The molecule has 32 heavy (non-hydrogen) atoms. The van der Waals surface area contributed by atoms with E-state index in [1.54, 1.807) is 17.8 Å². The highest BCUT2D eigenvalue weighted by molar-refractivity contribution is 5.92. The van der Waals surface area contributed by atoms with Crippen molar-refractivity contribution >= 4 is 11.7 Å². The molecule has 2 aliphatic heterocycles. The molecule has 0 unspecified atom stereocenters. The highest BCUT2D eigenvalue weighted by atomic mass is 16.1. The van der Waals surface area contributed by atoms with Gasteiger partial charge in [0.2, 0.25) is 5.91 Å². The molecule has 3 heterocycles. The maximum atomic E-state index is 11.3. The number of carbonyl (C=O) groups is 1. The minimum atomic E-state index is -0.418. The molecule has 2 aromatic rings. The van der Waals surface area contributed by atoms with Crippen molar-refractivity contribution in [3.63, 3.8) is 0 Å². The number of carbonyl (C=O) groups excluding carboxylic acids is 1. The lowest BCUT2D eigenvalue weighted by molar-refractivity contribution is -0.0228. The van der Waals surface area contributed by atoms with Crippen molar-refractivity contribution in [1.82, 2.24) is 9.88 Å². The highest BCUT2D eigenvalue weighted by Gasteiger charge is 2.50. The Labute approximate surface area is 192 Å². The summed E-state index contributed by atoms with van der Waals surface area (Å²) in [7, 11) is 0. The van der Waals surface area contributed by atoms with Crippen LogP contribution in [-0.4, -0.2) is 41.5 Å². The van der Waals surface area contributed by atoms with E-state index in [-0.39, 0.29) is 0 Å². The van der Waals surface area contributed by atoms with Crippen molar-refractivity contribution in [3.8, 4) is 0 Å². The van der Waals surface area contributed by atoms with Crippen LogP contribution in [0.1, 0.15) is 85.8 Å². The van der Waals surface area contributed by atoms with Gasteiger partial charge >= 0.3 is 0 Å². The summed E-state index contributed by atoms with van der Waals surface area (Å²) in [5.74, 6) is 1.13. The fraction of sp³-hybridized carbons (Fsp3) is 0.556. The number of pyridine rings is 1. The Balaban J connectivity index is 1.20. The number of nitrogens with zero attached hydrogens (tertiary/aromatic N) is 3. The lowest BCUT2D eigenvalue weighted by atomic mass is 9.60. The molecule has 0 radical (unpaired) electrons. The molecule has 5 heteroatoms. The number of nitrogens with two attached hydrogens (primary N) is 1. The van der Waals surface area contributed by atoms with Gasteiger partial charge in [-0.05, 0) is 79.7 Å². The number of piperidine rings is 1. The Kier molecular flexibility index (Phi) is 5.70. The molecule has 1 saturated carbocycles. The van der Waals surface area contributed by atoms with E-state index in [1.807, 2.05) is 6.07 Å². The fourth-order valence-electron chi connectivity index (χ4n) is 6.41. The minimum absolute atomic E-state index is 0.418. The molecule has 5 nitrogen and oxygen atoms in total. The third-order valence-electron chi connectivity index (χ3n) is 8.26. The molecular weight excluding hydrogens is 396 g/mol. The van der Waals surface area contributed by atoms with E-state index < -0.39 is 5.91 Å². The average Bonchev–Trinajstić information content (AvgIpc) is 3.27. The molecule has 3 aliphatic rings. The largest absolute Gasteiger partial charge is 0.366 e. The molecule has 3 fully saturated rings. The van der Waals surface area contributed by atoms with Crippen molar-refractivity contribution < 1.29 is 4.79 Å². The van der Waals surface area contributed by atoms with Crippen molar-refractivity contribution in [2.75, 3.05) is 24.5 Å². The van der Waals surface area contributed by atoms with E-state index in [1.165, 1.54) is 50.6 Å². The third kappa shape index (κ3) is 3.92. The van der Waals surface area contributed by atoms with Crippen molar-refractivity contribution in [3.05, 3.63) is 59.3 Å². The SMILES string of the molecule is CC(C)c1ccccc1[C@@H]1CCCN1C1CC2(CCN(c3ccc(C(N)=O)cn3)CC2)C1. The zero-order valence-electron chi connectivity index (χ0n) is 19.5. The Morgan fingerprint density at radius 1 is 1.09 bits per heavy atom. The van der Waals surface area contributed by atoms with Gasteiger partial charge in [0.25, 0.3) is 0 Å². The summed E-state index contributed by atoms with van der Waals surface area (Å²) in [5.41, 5.74) is 9.43. The normalized spacial score (nSPS) is 23.6. The van der Waals surface area contributed by atoms with Crippen molar-refractivity contribution in [1.29, 1.82) is 0 Å². The van der Waals surface area contributed by atoms with E-state index in [4.69, 9.17) is 5.73 Å². The summed E-state index contributed by atoms with van der Waals surface area (Å²) in [6.07, 6.45) is 9.39. The first-order valence-electron chi connectivity index (χ1n) is 12.3. The second kappa shape index (κ2) is 8.51. The fourth-order valence-corrected chi connectivity index (χ4v) is 6.41. The monoisotopic (exact) mass is 432 g/mol. The molecule has 170 valence electrons. The van der Waals surface area contributed by atoms with Gasteiger partial charge in [-0.15, -0.1) is 0 Å². The van der Waals surface area contributed by atoms with Gasteiger partial charge in [0.1, 0.15) is 5.82 Å². The van der Waals surface area contributed by atoms with Crippen LogP contribution in [-0.2, 0) is 0 Å².